The molecule has 2 heterocycles. The molecule has 1 saturated heterocycles. The maximum absolute atomic E-state index is 12.2. The number of likely N-dealkylation sites (tertiary alicyclic amines) is 1. The summed E-state index contributed by atoms with van der Waals surface area (Å²) in [6.45, 7) is 2.34. The number of rotatable bonds is 4. The predicted molar refractivity (Wildman–Crippen MR) is 74.3 cm³/mol. The summed E-state index contributed by atoms with van der Waals surface area (Å²) in [5.41, 5.74) is 0.856. The van der Waals surface area contributed by atoms with Gasteiger partial charge in [0.25, 0.3) is 0 Å². The zero-order valence-electron chi connectivity index (χ0n) is 11.9. The molecular weight excluding hydrogens is 272 g/mol. The Morgan fingerprint density at radius 1 is 1.38 bits per heavy atom. The van der Waals surface area contributed by atoms with Crippen LogP contribution in [0.25, 0.3) is 0 Å². The summed E-state index contributed by atoms with van der Waals surface area (Å²) in [6, 6.07) is 3.54. The van der Waals surface area contributed by atoms with Gasteiger partial charge in [-0.05, 0) is 31.0 Å². The summed E-state index contributed by atoms with van der Waals surface area (Å²) in [4.78, 5) is 41.1. The van der Waals surface area contributed by atoms with E-state index in [0.29, 0.717) is 13.0 Å². The van der Waals surface area contributed by atoms with Gasteiger partial charge in [-0.3, -0.25) is 19.4 Å². The number of hydrogen-bond donors (Lipinski definition) is 0. The molecule has 0 N–H and O–H groups in total. The number of nitrogens with zero attached hydrogens (tertiary/aromatic N) is 2. The number of carbonyl (C=O) groups is 3. The minimum absolute atomic E-state index is 0.0204. The van der Waals surface area contributed by atoms with Crippen LogP contribution < -0.4 is 0 Å². The van der Waals surface area contributed by atoms with Gasteiger partial charge in [0.05, 0.1) is 19.6 Å². The van der Waals surface area contributed by atoms with Crippen LogP contribution in [0.5, 0.6) is 0 Å². The van der Waals surface area contributed by atoms with Gasteiger partial charge in [-0.25, -0.2) is 0 Å². The van der Waals surface area contributed by atoms with E-state index in [2.05, 4.69) is 4.98 Å². The summed E-state index contributed by atoms with van der Waals surface area (Å²) in [5, 5.41) is 0. The first-order valence-corrected chi connectivity index (χ1v) is 6.98. The van der Waals surface area contributed by atoms with Crippen LogP contribution in [0.15, 0.2) is 24.5 Å². The number of ketones is 1. The van der Waals surface area contributed by atoms with Gasteiger partial charge in [0.2, 0.25) is 5.91 Å². The smallest absolute Gasteiger partial charge is 0.316 e. The Labute approximate surface area is 123 Å². The van der Waals surface area contributed by atoms with Crippen molar-refractivity contribution in [2.45, 2.75) is 19.8 Å². The third-order valence-electron chi connectivity index (χ3n) is 3.45. The number of ether oxygens (including phenoxy) is 1. The summed E-state index contributed by atoms with van der Waals surface area (Å²) in [7, 11) is 0. The van der Waals surface area contributed by atoms with Gasteiger partial charge in [-0.2, -0.15) is 0 Å². The number of amides is 1. The van der Waals surface area contributed by atoms with Crippen molar-refractivity contribution in [1.29, 1.82) is 0 Å². The minimum atomic E-state index is -0.727. The monoisotopic (exact) mass is 290 g/mol. The molecule has 1 aromatic rings. The second kappa shape index (κ2) is 6.97. The molecule has 1 aromatic heterocycles. The van der Waals surface area contributed by atoms with Gasteiger partial charge in [0.1, 0.15) is 5.92 Å². The molecule has 6 heteroatoms. The summed E-state index contributed by atoms with van der Waals surface area (Å²) >= 11 is 0. The number of piperidine rings is 1. The fourth-order valence-electron chi connectivity index (χ4n) is 2.32. The fourth-order valence-corrected chi connectivity index (χ4v) is 2.32. The molecule has 0 radical (unpaired) electrons. The third kappa shape index (κ3) is 3.87. The molecule has 1 aliphatic rings. The summed E-state index contributed by atoms with van der Waals surface area (Å²) in [5.74, 6) is -1.57. The number of esters is 1. The Hall–Kier alpha value is -2.24. The van der Waals surface area contributed by atoms with E-state index in [1.165, 1.54) is 4.90 Å². The quantitative estimate of drug-likeness (QED) is 0.599. The first-order chi connectivity index (χ1) is 10.1. The van der Waals surface area contributed by atoms with Crippen LogP contribution >= 0.6 is 0 Å². The Balaban J connectivity index is 1.91. The molecule has 6 nitrogen and oxygen atoms in total. The van der Waals surface area contributed by atoms with Gasteiger partial charge in [0.15, 0.2) is 5.78 Å². The SMILES string of the molecule is CCOC(=O)C1CCN(C(=O)Cc2ccncc2)CC1=O. The van der Waals surface area contributed by atoms with E-state index in [1.54, 1.807) is 31.5 Å². The van der Waals surface area contributed by atoms with Gasteiger partial charge in [0, 0.05) is 18.9 Å². The summed E-state index contributed by atoms with van der Waals surface area (Å²) < 4.78 is 4.87. The number of carbonyl (C=O) groups excluding carboxylic acids is 3. The molecule has 0 aromatic carbocycles. The Bertz CT molecular complexity index is 530. The molecule has 0 spiro atoms. The molecule has 1 atom stereocenters. The van der Waals surface area contributed by atoms with Crippen LogP contribution in [0.4, 0.5) is 0 Å². The number of hydrogen-bond acceptors (Lipinski definition) is 5. The van der Waals surface area contributed by atoms with Crippen LogP contribution in [0.2, 0.25) is 0 Å². The first kappa shape index (κ1) is 15.2. The maximum atomic E-state index is 12.2. The van der Waals surface area contributed by atoms with Crippen molar-refractivity contribution >= 4 is 17.7 Å². The van der Waals surface area contributed by atoms with Crippen LogP contribution in [-0.2, 0) is 25.5 Å². The van der Waals surface area contributed by atoms with E-state index in [1.807, 2.05) is 0 Å². The van der Waals surface area contributed by atoms with E-state index in [4.69, 9.17) is 4.74 Å². The van der Waals surface area contributed by atoms with Crippen LogP contribution in [0, 0.1) is 5.92 Å². The molecule has 21 heavy (non-hydrogen) atoms. The van der Waals surface area contributed by atoms with E-state index in [0.717, 1.165) is 5.56 Å². The lowest BCUT2D eigenvalue weighted by molar-refractivity contribution is -0.155. The highest BCUT2D eigenvalue weighted by molar-refractivity contribution is 6.02. The second-order valence-corrected chi connectivity index (χ2v) is 4.91. The van der Waals surface area contributed by atoms with Gasteiger partial charge < -0.3 is 9.64 Å². The van der Waals surface area contributed by atoms with Crippen LogP contribution in [0.1, 0.15) is 18.9 Å². The van der Waals surface area contributed by atoms with E-state index in [9.17, 15) is 14.4 Å². The molecule has 112 valence electrons. The van der Waals surface area contributed by atoms with E-state index in [-0.39, 0.29) is 31.3 Å². The standard InChI is InChI=1S/C15H18N2O4/c1-2-21-15(20)12-5-8-17(10-13(12)18)14(19)9-11-3-6-16-7-4-11/h3-4,6-7,12H,2,5,8-10H2,1H3. The van der Waals surface area contributed by atoms with Crippen molar-refractivity contribution < 1.29 is 19.1 Å². The van der Waals surface area contributed by atoms with Crippen LogP contribution in [-0.4, -0.2) is 47.2 Å². The Morgan fingerprint density at radius 2 is 2.10 bits per heavy atom. The molecule has 0 bridgehead atoms. The average Bonchev–Trinajstić information content (AvgIpc) is 2.48. The number of Topliss-reactive ketones (excluding diaryl/α,β-unsaturated/α-hetero) is 1. The Kier molecular flexibility index (Phi) is 5.03. The number of pyridine rings is 1. The lowest BCUT2D eigenvalue weighted by Gasteiger charge is -2.29. The largest absolute Gasteiger partial charge is 0.465 e. The fraction of sp³-hybridized carbons (Fsp3) is 0.467. The normalized spacial score (nSPS) is 18.4. The van der Waals surface area contributed by atoms with Crippen LogP contribution in [0.3, 0.4) is 0 Å². The van der Waals surface area contributed by atoms with Crippen molar-refractivity contribution in [3.05, 3.63) is 30.1 Å². The molecule has 1 fully saturated rings. The predicted octanol–water partition coefficient (Wildman–Crippen LogP) is 0.605. The second-order valence-electron chi connectivity index (χ2n) is 4.91. The van der Waals surface area contributed by atoms with Crippen molar-refractivity contribution in [2.24, 2.45) is 5.92 Å². The number of aromatic nitrogens is 1. The zero-order valence-corrected chi connectivity index (χ0v) is 11.9. The Morgan fingerprint density at radius 3 is 2.71 bits per heavy atom. The summed E-state index contributed by atoms with van der Waals surface area (Å²) in [6.07, 6.45) is 3.82. The van der Waals surface area contributed by atoms with Gasteiger partial charge >= 0.3 is 5.97 Å². The topological polar surface area (TPSA) is 76.6 Å². The molecule has 1 amide bonds. The lowest BCUT2D eigenvalue weighted by Crippen LogP contribution is -2.47. The average molecular weight is 290 g/mol. The highest BCUT2D eigenvalue weighted by Crippen LogP contribution is 2.16. The minimum Gasteiger partial charge on any atom is -0.465 e. The lowest BCUT2D eigenvalue weighted by atomic mass is 9.95. The molecule has 1 unspecified atom stereocenters. The van der Waals surface area contributed by atoms with E-state index < -0.39 is 11.9 Å². The van der Waals surface area contributed by atoms with Crippen molar-refractivity contribution in [3.8, 4) is 0 Å². The molecule has 0 aliphatic carbocycles. The van der Waals surface area contributed by atoms with Gasteiger partial charge in [-0.15, -0.1) is 0 Å². The first-order valence-electron chi connectivity index (χ1n) is 6.98. The van der Waals surface area contributed by atoms with Crippen molar-refractivity contribution in [3.63, 3.8) is 0 Å². The highest BCUT2D eigenvalue weighted by atomic mass is 16.5. The third-order valence-corrected chi connectivity index (χ3v) is 3.45. The highest BCUT2D eigenvalue weighted by Gasteiger charge is 2.35. The van der Waals surface area contributed by atoms with Gasteiger partial charge in [-0.1, -0.05) is 0 Å². The molecule has 1 aliphatic heterocycles. The molecule has 0 saturated carbocycles. The van der Waals surface area contributed by atoms with Crippen molar-refractivity contribution in [1.82, 2.24) is 9.88 Å². The van der Waals surface area contributed by atoms with E-state index >= 15 is 0 Å². The zero-order chi connectivity index (χ0) is 15.2. The van der Waals surface area contributed by atoms with Crippen molar-refractivity contribution in [2.75, 3.05) is 19.7 Å². The molecular formula is C15H18N2O4. The maximum Gasteiger partial charge on any atom is 0.316 e. The molecule has 2 rings (SSSR count).